The summed E-state index contributed by atoms with van der Waals surface area (Å²) in [6.07, 6.45) is 3.88. The van der Waals surface area contributed by atoms with Crippen molar-refractivity contribution in [2.24, 2.45) is 5.92 Å². The number of fused-ring (bicyclic) bond motifs is 1. The van der Waals surface area contributed by atoms with E-state index in [0.29, 0.717) is 23.9 Å². The molecule has 0 N–H and O–H groups in total. The highest BCUT2D eigenvalue weighted by Gasteiger charge is 2.53. The standard InChI is InChI=1S/C18H27N3O3/c1-11-8-19-21(12-9-23-10-12)16(11)13-5-6-20(15-7-14(13)15)17(22)24-18(2,3)4/h8,12-15H,5-7,9-10H2,1-4H3. The molecule has 3 heterocycles. The Bertz CT molecular complexity index is 644. The van der Waals surface area contributed by atoms with Crippen LogP contribution in [0, 0.1) is 12.8 Å². The number of hydrogen-bond donors (Lipinski definition) is 0. The Morgan fingerprint density at radius 2 is 2.12 bits per heavy atom. The first kappa shape index (κ1) is 15.9. The van der Waals surface area contributed by atoms with Gasteiger partial charge in [-0.1, -0.05) is 0 Å². The molecule has 0 spiro atoms. The summed E-state index contributed by atoms with van der Waals surface area (Å²) in [6, 6.07) is 0.716. The van der Waals surface area contributed by atoms with Crippen LogP contribution < -0.4 is 0 Å². The Balaban J connectivity index is 1.49. The highest BCUT2D eigenvalue weighted by atomic mass is 16.6. The Morgan fingerprint density at radius 1 is 1.38 bits per heavy atom. The number of hydrogen-bond acceptors (Lipinski definition) is 4. The van der Waals surface area contributed by atoms with E-state index in [1.165, 1.54) is 11.3 Å². The first-order valence-corrected chi connectivity index (χ1v) is 8.96. The second-order valence-corrected chi connectivity index (χ2v) is 8.38. The van der Waals surface area contributed by atoms with Crippen molar-refractivity contribution in [2.45, 2.75) is 64.1 Å². The van der Waals surface area contributed by atoms with Crippen molar-refractivity contribution >= 4 is 6.09 Å². The molecule has 3 unspecified atom stereocenters. The van der Waals surface area contributed by atoms with E-state index in [9.17, 15) is 4.79 Å². The molecule has 1 aromatic rings. The van der Waals surface area contributed by atoms with Crippen LogP contribution in [0.5, 0.6) is 0 Å². The van der Waals surface area contributed by atoms with Gasteiger partial charge < -0.3 is 14.4 Å². The molecule has 0 bridgehead atoms. The first-order valence-electron chi connectivity index (χ1n) is 8.96. The van der Waals surface area contributed by atoms with Crippen LogP contribution in [0.3, 0.4) is 0 Å². The van der Waals surface area contributed by atoms with Gasteiger partial charge in [0.15, 0.2) is 0 Å². The third-order valence-corrected chi connectivity index (χ3v) is 5.38. The molecule has 0 radical (unpaired) electrons. The molecule has 1 aliphatic carbocycles. The Morgan fingerprint density at radius 3 is 2.75 bits per heavy atom. The Labute approximate surface area is 143 Å². The molecule has 132 valence electrons. The molecule has 0 aromatic carbocycles. The molecule has 6 heteroatoms. The maximum atomic E-state index is 12.4. The summed E-state index contributed by atoms with van der Waals surface area (Å²) in [5.74, 6) is 1.04. The van der Waals surface area contributed by atoms with Gasteiger partial charge in [0.1, 0.15) is 5.60 Å². The highest BCUT2D eigenvalue weighted by molar-refractivity contribution is 5.69. The van der Waals surface area contributed by atoms with Gasteiger partial charge in [-0.3, -0.25) is 4.68 Å². The zero-order chi connectivity index (χ0) is 17.1. The fraction of sp³-hybridized carbons (Fsp3) is 0.778. The van der Waals surface area contributed by atoms with Gasteiger partial charge in [-0.05, 0) is 52.0 Å². The second-order valence-electron chi connectivity index (χ2n) is 8.38. The molecule has 6 nitrogen and oxygen atoms in total. The summed E-state index contributed by atoms with van der Waals surface area (Å²) < 4.78 is 13.1. The third kappa shape index (κ3) is 2.70. The number of rotatable bonds is 2. The molecule has 4 rings (SSSR count). The van der Waals surface area contributed by atoms with Crippen LogP contribution >= 0.6 is 0 Å². The summed E-state index contributed by atoms with van der Waals surface area (Å²) in [5, 5.41) is 4.60. The SMILES string of the molecule is Cc1cnn(C2COC2)c1C1CCN(C(=O)OC(C)(C)C)C2CC12. The van der Waals surface area contributed by atoms with E-state index in [1.54, 1.807) is 0 Å². The van der Waals surface area contributed by atoms with Gasteiger partial charge in [-0.15, -0.1) is 0 Å². The second kappa shape index (κ2) is 5.48. The van der Waals surface area contributed by atoms with E-state index >= 15 is 0 Å². The summed E-state index contributed by atoms with van der Waals surface area (Å²) in [4.78, 5) is 14.4. The minimum absolute atomic E-state index is 0.161. The van der Waals surface area contributed by atoms with Crippen molar-refractivity contribution < 1.29 is 14.3 Å². The smallest absolute Gasteiger partial charge is 0.410 e. The molecule has 2 aliphatic heterocycles. The molecule has 24 heavy (non-hydrogen) atoms. The summed E-state index contributed by atoms with van der Waals surface area (Å²) in [5.41, 5.74) is 2.19. The van der Waals surface area contributed by atoms with E-state index in [4.69, 9.17) is 9.47 Å². The molecule has 3 fully saturated rings. The van der Waals surface area contributed by atoms with Crippen LogP contribution in [0.25, 0.3) is 0 Å². The van der Waals surface area contributed by atoms with Crippen molar-refractivity contribution in [3.63, 3.8) is 0 Å². The number of carbonyl (C=O) groups excluding carboxylic acids is 1. The van der Waals surface area contributed by atoms with Gasteiger partial charge >= 0.3 is 6.09 Å². The normalized spacial score (nSPS) is 29.8. The van der Waals surface area contributed by atoms with Gasteiger partial charge in [0.05, 0.1) is 25.5 Å². The quantitative estimate of drug-likeness (QED) is 0.835. The van der Waals surface area contributed by atoms with E-state index in [2.05, 4.69) is 16.7 Å². The molecule has 1 amide bonds. The molecular formula is C18H27N3O3. The lowest BCUT2D eigenvalue weighted by molar-refractivity contribution is -0.0308. The maximum Gasteiger partial charge on any atom is 0.410 e. The van der Waals surface area contributed by atoms with E-state index in [-0.39, 0.29) is 6.09 Å². The summed E-state index contributed by atoms with van der Waals surface area (Å²) >= 11 is 0. The predicted octanol–water partition coefficient (Wildman–Crippen LogP) is 2.88. The highest BCUT2D eigenvalue weighted by Crippen LogP contribution is 2.52. The van der Waals surface area contributed by atoms with Crippen molar-refractivity contribution in [1.82, 2.24) is 14.7 Å². The minimum Gasteiger partial charge on any atom is -0.444 e. The van der Waals surface area contributed by atoms with Crippen LogP contribution in [0.2, 0.25) is 0 Å². The topological polar surface area (TPSA) is 56.6 Å². The average Bonchev–Trinajstić information content (AvgIpc) is 3.13. The zero-order valence-corrected chi connectivity index (χ0v) is 15.0. The van der Waals surface area contributed by atoms with Gasteiger partial charge in [0, 0.05) is 24.2 Å². The largest absolute Gasteiger partial charge is 0.444 e. The lowest BCUT2D eigenvalue weighted by Gasteiger charge is -2.35. The number of carbonyl (C=O) groups is 1. The molecular weight excluding hydrogens is 306 g/mol. The monoisotopic (exact) mass is 333 g/mol. The predicted molar refractivity (Wildman–Crippen MR) is 89.0 cm³/mol. The van der Waals surface area contributed by atoms with Gasteiger partial charge in [0.25, 0.3) is 0 Å². The van der Waals surface area contributed by atoms with Crippen LogP contribution in [-0.2, 0) is 9.47 Å². The fourth-order valence-corrected chi connectivity index (χ4v) is 4.11. The summed E-state index contributed by atoms with van der Waals surface area (Å²) in [6.45, 7) is 10.2. The minimum atomic E-state index is -0.433. The molecule has 1 aromatic heterocycles. The van der Waals surface area contributed by atoms with Gasteiger partial charge in [-0.25, -0.2) is 4.79 Å². The number of likely N-dealkylation sites (tertiary alicyclic amines) is 1. The molecule has 2 saturated heterocycles. The molecule has 3 aliphatic rings. The number of amides is 1. The third-order valence-electron chi connectivity index (χ3n) is 5.38. The van der Waals surface area contributed by atoms with Crippen molar-refractivity contribution in [2.75, 3.05) is 19.8 Å². The molecule has 1 saturated carbocycles. The van der Waals surface area contributed by atoms with Crippen LogP contribution in [-0.4, -0.2) is 52.2 Å². The van der Waals surface area contributed by atoms with Crippen LogP contribution in [0.1, 0.15) is 56.8 Å². The fourth-order valence-electron chi connectivity index (χ4n) is 4.11. The maximum absolute atomic E-state index is 12.4. The Kier molecular flexibility index (Phi) is 3.64. The van der Waals surface area contributed by atoms with Crippen LogP contribution in [0.15, 0.2) is 6.20 Å². The lowest BCUT2D eigenvalue weighted by atomic mass is 9.90. The van der Waals surface area contributed by atoms with Crippen molar-refractivity contribution in [3.8, 4) is 0 Å². The zero-order valence-electron chi connectivity index (χ0n) is 15.0. The van der Waals surface area contributed by atoms with Gasteiger partial charge in [-0.2, -0.15) is 5.10 Å². The average molecular weight is 333 g/mol. The van der Waals surface area contributed by atoms with E-state index < -0.39 is 5.60 Å². The van der Waals surface area contributed by atoms with E-state index in [0.717, 1.165) is 32.6 Å². The van der Waals surface area contributed by atoms with Gasteiger partial charge in [0.2, 0.25) is 0 Å². The lowest BCUT2D eigenvalue weighted by Crippen LogP contribution is -2.43. The van der Waals surface area contributed by atoms with E-state index in [1.807, 2.05) is 31.9 Å². The van der Waals surface area contributed by atoms with Crippen molar-refractivity contribution in [3.05, 3.63) is 17.5 Å². The summed E-state index contributed by atoms with van der Waals surface area (Å²) in [7, 11) is 0. The Hall–Kier alpha value is -1.56. The number of ether oxygens (including phenoxy) is 2. The first-order chi connectivity index (χ1) is 11.3. The number of aromatic nitrogens is 2. The number of piperidine rings is 1. The van der Waals surface area contributed by atoms with Crippen molar-refractivity contribution in [1.29, 1.82) is 0 Å². The van der Waals surface area contributed by atoms with Crippen LogP contribution in [0.4, 0.5) is 4.79 Å². The number of nitrogens with zero attached hydrogens (tertiary/aromatic N) is 3. The number of aryl methyl sites for hydroxylation is 1. The molecule has 3 atom stereocenters.